The van der Waals surface area contributed by atoms with Gasteiger partial charge in [0, 0.05) is 5.56 Å². The second-order valence-electron chi connectivity index (χ2n) is 4.07. The van der Waals surface area contributed by atoms with Crippen LogP contribution in [0.25, 0.3) is 21.5 Å². The van der Waals surface area contributed by atoms with Crippen molar-refractivity contribution in [1.82, 2.24) is 9.36 Å². The van der Waals surface area contributed by atoms with Crippen LogP contribution < -0.4 is 0 Å². The molecule has 0 atom stereocenters. The summed E-state index contributed by atoms with van der Waals surface area (Å²) in [6.07, 6.45) is -4.45. The first kappa shape index (κ1) is 13.5. The quantitative estimate of drug-likeness (QED) is 0.601. The highest BCUT2D eigenvalue weighted by Crippen LogP contribution is 2.40. The maximum atomic E-state index is 13.2. The van der Waals surface area contributed by atoms with E-state index in [9.17, 15) is 13.2 Å². The Morgan fingerprint density at radius 1 is 1.10 bits per heavy atom. The van der Waals surface area contributed by atoms with Crippen LogP contribution in [-0.2, 0) is 6.18 Å². The van der Waals surface area contributed by atoms with E-state index in [0.29, 0.717) is 11.3 Å². The van der Waals surface area contributed by atoms with E-state index in [-0.39, 0.29) is 14.8 Å². The predicted octanol–water partition coefficient (Wildman–Crippen LogP) is 5.14. The third-order valence-electron chi connectivity index (χ3n) is 2.78. The van der Waals surface area contributed by atoms with Crippen LogP contribution in [0.15, 0.2) is 41.0 Å². The molecule has 2 heterocycles. The number of rotatable bonds is 1. The van der Waals surface area contributed by atoms with Gasteiger partial charge in [-0.25, -0.2) is 4.98 Å². The molecule has 102 valence electrons. The van der Waals surface area contributed by atoms with E-state index >= 15 is 0 Å². The Kier molecular flexibility index (Phi) is 3.25. The number of alkyl halides is 3. The van der Waals surface area contributed by atoms with Gasteiger partial charge in [-0.1, -0.05) is 30.3 Å². The second kappa shape index (κ2) is 4.82. The Morgan fingerprint density at radius 3 is 2.45 bits per heavy atom. The van der Waals surface area contributed by atoms with Crippen LogP contribution in [0.3, 0.4) is 0 Å². The van der Waals surface area contributed by atoms with Gasteiger partial charge in [0.2, 0.25) is 0 Å². The van der Waals surface area contributed by atoms with E-state index in [1.54, 1.807) is 30.3 Å². The molecular weight excluding hydrogens is 353 g/mol. The summed E-state index contributed by atoms with van der Waals surface area (Å²) in [5.74, 6) is 0. The molecular formula is C13H6BrF3N2S. The van der Waals surface area contributed by atoms with Crippen LogP contribution in [0.4, 0.5) is 13.2 Å². The zero-order valence-electron chi connectivity index (χ0n) is 9.78. The fourth-order valence-corrected chi connectivity index (χ4v) is 3.34. The van der Waals surface area contributed by atoms with Gasteiger partial charge in [0.25, 0.3) is 0 Å². The summed E-state index contributed by atoms with van der Waals surface area (Å²) in [6, 6.07) is 9.84. The lowest BCUT2D eigenvalue weighted by Gasteiger charge is -2.10. The summed E-state index contributed by atoms with van der Waals surface area (Å²) in [6.45, 7) is 0. The normalized spacial score (nSPS) is 12.0. The Balaban J connectivity index is 2.32. The summed E-state index contributed by atoms with van der Waals surface area (Å²) in [5, 5.41) is 0.0159. The predicted molar refractivity (Wildman–Crippen MR) is 75.6 cm³/mol. The van der Waals surface area contributed by atoms with Crippen molar-refractivity contribution in [3.8, 4) is 11.3 Å². The van der Waals surface area contributed by atoms with Crippen LogP contribution in [0.1, 0.15) is 5.56 Å². The number of hydrogen-bond donors (Lipinski definition) is 0. The molecule has 0 amide bonds. The van der Waals surface area contributed by atoms with Gasteiger partial charge in [-0.05, 0) is 33.5 Å². The number of hydrogen-bond acceptors (Lipinski definition) is 3. The van der Waals surface area contributed by atoms with Crippen molar-refractivity contribution in [2.24, 2.45) is 0 Å². The third-order valence-corrected chi connectivity index (χ3v) is 4.33. The Morgan fingerprint density at radius 2 is 1.80 bits per heavy atom. The Hall–Kier alpha value is -1.47. The lowest BCUT2D eigenvalue weighted by atomic mass is 10.1. The molecule has 0 aliphatic rings. The van der Waals surface area contributed by atoms with Crippen molar-refractivity contribution < 1.29 is 13.2 Å². The van der Waals surface area contributed by atoms with E-state index in [2.05, 4.69) is 25.3 Å². The average molecular weight is 359 g/mol. The van der Waals surface area contributed by atoms with Crippen molar-refractivity contribution in [3.63, 3.8) is 0 Å². The monoisotopic (exact) mass is 358 g/mol. The maximum Gasteiger partial charge on any atom is 0.417 e. The lowest BCUT2D eigenvalue weighted by molar-refractivity contribution is -0.136. The van der Waals surface area contributed by atoms with E-state index in [1.165, 1.54) is 0 Å². The third kappa shape index (κ3) is 2.31. The standard InChI is InChI=1S/C13H6BrF3N2S/c14-11-10-8(13(15,16)17)6-9(18-12(10)20-19-11)7-4-2-1-3-5-7/h1-6H. The van der Waals surface area contributed by atoms with Crippen LogP contribution in [0.5, 0.6) is 0 Å². The number of benzene rings is 1. The molecule has 0 saturated carbocycles. The minimum atomic E-state index is -4.45. The molecule has 0 bridgehead atoms. The van der Waals surface area contributed by atoms with Crippen molar-refractivity contribution >= 4 is 37.7 Å². The molecule has 0 radical (unpaired) electrons. The molecule has 0 spiro atoms. The fourth-order valence-electron chi connectivity index (χ4n) is 1.90. The first-order valence-electron chi connectivity index (χ1n) is 5.55. The summed E-state index contributed by atoms with van der Waals surface area (Å²) >= 11 is 4.00. The zero-order valence-corrected chi connectivity index (χ0v) is 12.2. The van der Waals surface area contributed by atoms with Gasteiger partial charge >= 0.3 is 6.18 Å². The smallest absolute Gasteiger partial charge is 0.235 e. The number of fused-ring (bicyclic) bond motifs is 1. The van der Waals surface area contributed by atoms with E-state index in [0.717, 1.165) is 17.6 Å². The van der Waals surface area contributed by atoms with Crippen LogP contribution >= 0.6 is 27.5 Å². The van der Waals surface area contributed by atoms with Crippen molar-refractivity contribution in [2.45, 2.75) is 6.18 Å². The van der Waals surface area contributed by atoms with Gasteiger partial charge in [-0.3, -0.25) is 0 Å². The first-order chi connectivity index (χ1) is 9.47. The van der Waals surface area contributed by atoms with Crippen LogP contribution in [0.2, 0.25) is 0 Å². The molecule has 0 saturated heterocycles. The summed E-state index contributed by atoms with van der Waals surface area (Å²) in [5.41, 5.74) is 0.216. The molecule has 1 aromatic carbocycles. The fraction of sp³-hybridized carbons (Fsp3) is 0.0769. The summed E-state index contributed by atoms with van der Waals surface area (Å²) in [7, 11) is 0. The van der Waals surface area contributed by atoms with Crippen LogP contribution in [-0.4, -0.2) is 9.36 Å². The van der Waals surface area contributed by atoms with Crippen molar-refractivity contribution in [2.75, 3.05) is 0 Å². The minimum absolute atomic E-state index is 0.0159. The zero-order chi connectivity index (χ0) is 14.3. The topological polar surface area (TPSA) is 25.8 Å². The van der Waals surface area contributed by atoms with Crippen molar-refractivity contribution in [3.05, 3.63) is 46.6 Å². The molecule has 0 fully saturated rings. The maximum absolute atomic E-state index is 13.2. The van der Waals surface area contributed by atoms with E-state index < -0.39 is 11.7 Å². The van der Waals surface area contributed by atoms with Gasteiger partial charge in [0.05, 0.1) is 16.6 Å². The van der Waals surface area contributed by atoms with Gasteiger partial charge in [-0.15, -0.1) is 0 Å². The van der Waals surface area contributed by atoms with E-state index in [1.807, 2.05) is 0 Å². The summed E-state index contributed by atoms with van der Waals surface area (Å²) < 4.78 is 43.7. The van der Waals surface area contributed by atoms with Crippen LogP contribution in [0, 0.1) is 0 Å². The highest BCUT2D eigenvalue weighted by atomic mass is 79.9. The van der Waals surface area contributed by atoms with Gasteiger partial charge in [0.15, 0.2) is 0 Å². The molecule has 0 N–H and O–H groups in total. The molecule has 20 heavy (non-hydrogen) atoms. The highest BCUT2D eigenvalue weighted by Gasteiger charge is 2.35. The number of pyridine rings is 1. The van der Waals surface area contributed by atoms with Gasteiger partial charge in [0.1, 0.15) is 9.43 Å². The molecule has 3 aromatic rings. The lowest BCUT2D eigenvalue weighted by Crippen LogP contribution is -2.06. The number of nitrogens with zero attached hydrogens (tertiary/aromatic N) is 2. The number of aromatic nitrogens is 2. The average Bonchev–Trinajstić information content (AvgIpc) is 2.79. The minimum Gasteiger partial charge on any atom is -0.235 e. The largest absolute Gasteiger partial charge is 0.417 e. The van der Waals surface area contributed by atoms with E-state index in [4.69, 9.17) is 0 Å². The SMILES string of the molecule is FC(F)(F)c1cc(-c2ccccc2)nc2snc(Br)c12. The molecule has 3 rings (SSSR count). The molecule has 0 aliphatic heterocycles. The molecule has 2 nitrogen and oxygen atoms in total. The Bertz CT molecular complexity index is 768. The molecule has 7 heteroatoms. The van der Waals surface area contributed by atoms with Crippen molar-refractivity contribution in [1.29, 1.82) is 0 Å². The molecule has 2 aromatic heterocycles. The first-order valence-corrected chi connectivity index (χ1v) is 7.12. The summed E-state index contributed by atoms with van der Waals surface area (Å²) in [4.78, 5) is 4.54. The highest BCUT2D eigenvalue weighted by molar-refractivity contribution is 9.10. The molecule has 0 aliphatic carbocycles. The van der Waals surface area contributed by atoms with Gasteiger partial charge in [-0.2, -0.15) is 17.5 Å². The van der Waals surface area contributed by atoms with Gasteiger partial charge < -0.3 is 0 Å². The molecule has 0 unspecified atom stereocenters. The Labute approximate surface area is 124 Å². The second-order valence-corrected chi connectivity index (χ2v) is 5.58. The number of halogens is 4.